The van der Waals surface area contributed by atoms with Crippen molar-refractivity contribution in [3.05, 3.63) is 48.8 Å². The average molecular weight is 328 g/mol. The Morgan fingerprint density at radius 2 is 2.08 bits per heavy atom. The molecule has 0 unspecified atom stereocenters. The van der Waals surface area contributed by atoms with Gasteiger partial charge in [0.2, 0.25) is 17.6 Å². The van der Waals surface area contributed by atoms with Crippen molar-refractivity contribution in [1.29, 1.82) is 0 Å². The van der Waals surface area contributed by atoms with E-state index in [4.69, 9.17) is 8.94 Å². The highest BCUT2D eigenvalue weighted by atomic mass is 16.5. The maximum absolute atomic E-state index is 12.5. The van der Waals surface area contributed by atoms with Crippen molar-refractivity contribution in [3.8, 4) is 11.6 Å². The number of carbonyl (C=O) groups excluding carboxylic acids is 1. The lowest BCUT2D eigenvalue weighted by molar-refractivity contribution is -0.125. The normalized spacial score (nSPS) is 12.5. The molecule has 0 spiro atoms. The summed E-state index contributed by atoms with van der Waals surface area (Å²) in [5.74, 6) is 1.56. The molecule has 0 aromatic carbocycles. The lowest BCUT2D eigenvalue weighted by atomic mass is 10.0. The molecule has 0 aliphatic rings. The van der Waals surface area contributed by atoms with Gasteiger partial charge < -0.3 is 18.8 Å². The van der Waals surface area contributed by atoms with Gasteiger partial charge in [0.05, 0.1) is 12.8 Å². The zero-order valence-corrected chi connectivity index (χ0v) is 13.7. The molecule has 1 amide bonds. The summed E-state index contributed by atoms with van der Waals surface area (Å²) in [4.78, 5) is 16.8. The highest BCUT2D eigenvalue weighted by molar-refractivity contribution is 5.80. The molecule has 3 heterocycles. The van der Waals surface area contributed by atoms with E-state index < -0.39 is 0 Å². The van der Waals surface area contributed by atoms with Crippen molar-refractivity contribution in [3.63, 3.8) is 0 Å². The SMILES string of the molecule is CC(C)C[C@H](C(=O)NCc1nc(-c2ccco2)no1)n1cccc1. The van der Waals surface area contributed by atoms with Crippen LogP contribution in [0.3, 0.4) is 0 Å². The second kappa shape index (κ2) is 7.16. The van der Waals surface area contributed by atoms with Crippen LogP contribution in [0.4, 0.5) is 0 Å². The Bertz CT molecular complexity index is 760. The topological polar surface area (TPSA) is 86.1 Å². The smallest absolute Gasteiger partial charge is 0.246 e. The van der Waals surface area contributed by atoms with Crippen LogP contribution in [0, 0.1) is 5.92 Å². The van der Waals surface area contributed by atoms with Gasteiger partial charge in [-0.25, -0.2) is 0 Å². The molecule has 3 aromatic rings. The highest BCUT2D eigenvalue weighted by Gasteiger charge is 2.21. The second-order valence-corrected chi connectivity index (χ2v) is 5.98. The van der Waals surface area contributed by atoms with E-state index in [2.05, 4.69) is 29.3 Å². The van der Waals surface area contributed by atoms with E-state index in [-0.39, 0.29) is 18.5 Å². The van der Waals surface area contributed by atoms with Crippen LogP contribution >= 0.6 is 0 Å². The Morgan fingerprint density at radius 3 is 2.75 bits per heavy atom. The van der Waals surface area contributed by atoms with Gasteiger partial charge >= 0.3 is 0 Å². The Morgan fingerprint density at radius 1 is 1.29 bits per heavy atom. The largest absolute Gasteiger partial charge is 0.461 e. The van der Waals surface area contributed by atoms with E-state index in [0.717, 1.165) is 6.42 Å². The molecule has 0 fully saturated rings. The van der Waals surface area contributed by atoms with Gasteiger partial charge in [-0.3, -0.25) is 4.79 Å². The van der Waals surface area contributed by atoms with Crippen molar-refractivity contribution in [2.45, 2.75) is 32.9 Å². The Kier molecular flexibility index (Phi) is 4.79. The quantitative estimate of drug-likeness (QED) is 0.720. The summed E-state index contributed by atoms with van der Waals surface area (Å²) in [6.45, 7) is 4.37. The number of hydrogen-bond acceptors (Lipinski definition) is 5. The maximum Gasteiger partial charge on any atom is 0.246 e. The molecule has 0 radical (unpaired) electrons. The number of nitrogens with zero attached hydrogens (tertiary/aromatic N) is 3. The minimum absolute atomic E-state index is 0.0716. The van der Waals surface area contributed by atoms with Crippen LogP contribution < -0.4 is 5.32 Å². The molecule has 126 valence electrons. The molecule has 1 N–H and O–H groups in total. The summed E-state index contributed by atoms with van der Waals surface area (Å²) >= 11 is 0. The Hall–Kier alpha value is -2.83. The van der Waals surface area contributed by atoms with Gasteiger partial charge in [-0.2, -0.15) is 4.98 Å². The standard InChI is InChI=1S/C17H20N4O3/c1-12(2)10-13(21-7-3-4-8-21)17(22)18-11-15-19-16(20-24-15)14-6-5-9-23-14/h3-9,12-13H,10-11H2,1-2H3,(H,18,22)/t13-/m1/s1. The van der Waals surface area contributed by atoms with E-state index in [1.54, 1.807) is 18.4 Å². The fraction of sp³-hybridized carbons (Fsp3) is 0.353. The van der Waals surface area contributed by atoms with Crippen molar-refractivity contribution in [1.82, 2.24) is 20.0 Å². The summed E-state index contributed by atoms with van der Waals surface area (Å²) in [5, 5.41) is 6.71. The third kappa shape index (κ3) is 3.73. The number of furan rings is 1. The molecule has 0 aliphatic heterocycles. The van der Waals surface area contributed by atoms with E-state index in [1.165, 1.54) is 0 Å². The summed E-state index contributed by atoms with van der Waals surface area (Å²) in [5.41, 5.74) is 0. The number of amides is 1. The lowest BCUT2D eigenvalue weighted by Gasteiger charge is -2.20. The van der Waals surface area contributed by atoms with Gasteiger partial charge in [-0.15, -0.1) is 0 Å². The molecule has 24 heavy (non-hydrogen) atoms. The van der Waals surface area contributed by atoms with E-state index in [9.17, 15) is 4.79 Å². The zero-order chi connectivity index (χ0) is 16.9. The van der Waals surface area contributed by atoms with Crippen LogP contribution in [-0.4, -0.2) is 20.6 Å². The van der Waals surface area contributed by atoms with Crippen LogP contribution in [0.1, 0.15) is 32.2 Å². The van der Waals surface area contributed by atoms with Crippen molar-refractivity contribution < 1.29 is 13.7 Å². The van der Waals surface area contributed by atoms with Crippen molar-refractivity contribution in [2.75, 3.05) is 0 Å². The molecular weight excluding hydrogens is 308 g/mol. The summed E-state index contributed by atoms with van der Waals surface area (Å²) in [6.07, 6.45) is 6.09. The number of carbonyl (C=O) groups is 1. The first-order chi connectivity index (χ1) is 11.6. The molecular formula is C17H20N4O3. The third-order valence-electron chi connectivity index (χ3n) is 3.61. The maximum atomic E-state index is 12.5. The van der Waals surface area contributed by atoms with Gasteiger partial charge in [-0.1, -0.05) is 19.0 Å². The van der Waals surface area contributed by atoms with Crippen LogP contribution in [0.25, 0.3) is 11.6 Å². The summed E-state index contributed by atoms with van der Waals surface area (Å²) in [7, 11) is 0. The van der Waals surface area contributed by atoms with Gasteiger partial charge in [-0.05, 0) is 36.6 Å². The minimum atomic E-state index is -0.257. The molecule has 3 aromatic heterocycles. The van der Waals surface area contributed by atoms with Crippen LogP contribution in [-0.2, 0) is 11.3 Å². The predicted molar refractivity (Wildman–Crippen MR) is 86.8 cm³/mol. The Labute approximate surface area is 139 Å². The first-order valence-electron chi connectivity index (χ1n) is 7.90. The fourth-order valence-electron chi connectivity index (χ4n) is 2.48. The van der Waals surface area contributed by atoms with Gasteiger partial charge in [0.1, 0.15) is 6.04 Å². The van der Waals surface area contributed by atoms with E-state index >= 15 is 0 Å². The zero-order valence-electron chi connectivity index (χ0n) is 13.7. The number of hydrogen-bond donors (Lipinski definition) is 1. The third-order valence-corrected chi connectivity index (χ3v) is 3.61. The monoisotopic (exact) mass is 328 g/mol. The molecule has 0 aliphatic carbocycles. The molecule has 0 saturated carbocycles. The molecule has 0 saturated heterocycles. The van der Waals surface area contributed by atoms with Crippen LogP contribution in [0.5, 0.6) is 0 Å². The number of nitrogens with one attached hydrogen (secondary N) is 1. The fourth-order valence-corrected chi connectivity index (χ4v) is 2.48. The minimum Gasteiger partial charge on any atom is -0.461 e. The number of aromatic nitrogens is 3. The van der Waals surface area contributed by atoms with Gasteiger partial charge in [0.15, 0.2) is 5.76 Å². The van der Waals surface area contributed by atoms with Gasteiger partial charge in [0, 0.05) is 12.4 Å². The van der Waals surface area contributed by atoms with Crippen LogP contribution in [0.2, 0.25) is 0 Å². The first kappa shape index (κ1) is 16.0. The van der Waals surface area contributed by atoms with Crippen molar-refractivity contribution >= 4 is 5.91 Å². The summed E-state index contributed by atoms with van der Waals surface area (Å²) in [6, 6.07) is 7.06. The van der Waals surface area contributed by atoms with E-state index in [0.29, 0.717) is 23.4 Å². The molecule has 1 atom stereocenters. The molecule has 7 heteroatoms. The van der Waals surface area contributed by atoms with E-state index in [1.807, 2.05) is 29.1 Å². The molecule has 3 rings (SSSR count). The second-order valence-electron chi connectivity index (χ2n) is 5.98. The number of rotatable bonds is 7. The molecule has 7 nitrogen and oxygen atoms in total. The Balaban J connectivity index is 1.63. The molecule has 0 bridgehead atoms. The van der Waals surface area contributed by atoms with Gasteiger partial charge in [0.25, 0.3) is 0 Å². The average Bonchev–Trinajstić information content (AvgIpc) is 3.32. The van der Waals surface area contributed by atoms with Crippen molar-refractivity contribution in [2.24, 2.45) is 5.92 Å². The highest BCUT2D eigenvalue weighted by Crippen LogP contribution is 2.19. The predicted octanol–water partition coefficient (Wildman–Crippen LogP) is 3.03. The lowest BCUT2D eigenvalue weighted by Crippen LogP contribution is -2.32. The first-order valence-corrected chi connectivity index (χ1v) is 7.90. The summed E-state index contributed by atoms with van der Waals surface area (Å²) < 4.78 is 12.3. The van der Waals surface area contributed by atoms with Crippen LogP contribution in [0.15, 0.2) is 51.9 Å².